The van der Waals surface area contributed by atoms with Gasteiger partial charge in [-0.3, -0.25) is 0 Å². The summed E-state index contributed by atoms with van der Waals surface area (Å²) in [4.78, 5) is 16.9. The van der Waals surface area contributed by atoms with E-state index in [1.165, 1.54) is 0 Å². The Morgan fingerprint density at radius 3 is 2.61 bits per heavy atom. The van der Waals surface area contributed by atoms with Gasteiger partial charge in [0.05, 0.1) is 13.7 Å². The Morgan fingerprint density at radius 1 is 0.970 bits per heavy atom. The number of aliphatic imine (C=N–C) groups is 1. The summed E-state index contributed by atoms with van der Waals surface area (Å²) in [6.45, 7) is 1.13. The molecule has 5 rings (SSSR count). The predicted molar refractivity (Wildman–Crippen MR) is 127 cm³/mol. The Bertz CT molecular complexity index is 1370. The van der Waals surface area contributed by atoms with Crippen LogP contribution in [-0.2, 0) is 16.1 Å². The molecule has 3 aromatic carbocycles. The number of hydrogen-bond acceptors (Lipinski definition) is 5. The van der Waals surface area contributed by atoms with Gasteiger partial charge < -0.3 is 18.8 Å². The van der Waals surface area contributed by atoms with Crippen LogP contribution in [0.25, 0.3) is 17.0 Å². The summed E-state index contributed by atoms with van der Waals surface area (Å²) in [5.74, 6) is 1.38. The number of hydrogen-bond donors (Lipinski definition) is 0. The van der Waals surface area contributed by atoms with Crippen molar-refractivity contribution in [1.82, 2.24) is 4.57 Å². The van der Waals surface area contributed by atoms with Gasteiger partial charge in [-0.05, 0) is 36.4 Å². The van der Waals surface area contributed by atoms with Crippen LogP contribution in [0.3, 0.4) is 0 Å². The van der Waals surface area contributed by atoms with Gasteiger partial charge in [0.25, 0.3) is 0 Å². The molecule has 6 heteroatoms. The normalized spacial score (nSPS) is 14.4. The number of methoxy groups -OCH3 is 1. The van der Waals surface area contributed by atoms with Gasteiger partial charge in [0.1, 0.15) is 18.1 Å². The third kappa shape index (κ3) is 4.36. The molecule has 164 valence electrons. The summed E-state index contributed by atoms with van der Waals surface area (Å²) in [5.41, 5.74) is 3.00. The minimum absolute atomic E-state index is 0.282. The van der Waals surface area contributed by atoms with Crippen LogP contribution in [-0.4, -0.2) is 30.2 Å². The summed E-state index contributed by atoms with van der Waals surface area (Å²) >= 11 is 0. The SMILES string of the molecule is COc1cccc(OCCn2cc(/C=C3\N=C(c4ccccc4)OC3=O)c3ccccc32)c1. The van der Waals surface area contributed by atoms with E-state index in [2.05, 4.69) is 15.6 Å². The molecule has 0 atom stereocenters. The third-order valence-corrected chi connectivity index (χ3v) is 5.39. The van der Waals surface area contributed by atoms with Gasteiger partial charge >= 0.3 is 5.97 Å². The zero-order valence-electron chi connectivity index (χ0n) is 18.1. The topological polar surface area (TPSA) is 62.1 Å². The first-order chi connectivity index (χ1) is 16.2. The Hall–Kier alpha value is -4.32. The molecule has 33 heavy (non-hydrogen) atoms. The monoisotopic (exact) mass is 438 g/mol. The van der Waals surface area contributed by atoms with E-state index in [0.29, 0.717) is 19.0 Å². The van der Waals surface area contributed by atoms with Gasteiger partial charge in [0.2, 0.25) is 5.90 Å². The van der Waals surface area contributed by atoms with Crippen LogP contribution in [0.5, 0.6) is 11.5 Å². The number of carbonyl (C=O) groups excluding carboxylic acids is 1. The van der Waals surface area contributed by atoms with Crippen LogP contribution in [0.1, 0.15) is 11.1 Å². The first kappa shape index (κ1) is 20.6. The molecule has 1 aliphatic rings. The van der Waals surface area contributed by atoms with Crippen LogP contribution in [0.4, 0.5) is 0 Å². The van der Waals surface area contributed by atoms with E-state index in [9.17, 15) is 4.79 Å². The fourth-order valence-electron chi connectivity index (χ4n) is 3.79. The van der Waals surface area contributed by atoms with Crippen LogP contribution in [0.2, 0.25) is 0 Å². The Morgan fingerprint density at radius 2 is 1.76 bits per heavy atom. The molecule has 0 aliphatic carbocycles. The molecular weight excluding hydrogens is 416 g/mol. The van der Waals surface area contributed by atoms with Crippen LogP contribution < -0.4 is 9.47 Å². The fourth-order valence-corrected chi connectivity index (χ4v) is 3.79. The molecule has 1 aromatic heterocycles. The van der Waals surface area contributed by atoms with Crippen molar-refractivity contribution >= 4 is 28.8 Å². The largest absolute Gasteiger partial charge is 0.497 e. The van der Waals surface area contributed by atoms with E-state index in [1.807, 2.05) is 79.0 Å². The molecule has 0 amide bonds. The zero-order chi connectivity index (χ0) is 22.6. The lowest BCUT2D eigenvalue weighted by atomic mass is 10.1. The summed E-state index contributed by atoms with van der Waals surface area (Å²) in [6, 6.07) is 25.0. The molecule has 4 aromatic rings. The number of para-hydroxylation sites is 1. The lowest BCUT2D eigenvalue weighted by Crippen LogP contribution is -2.07. The maximum atomic E-state index is 12.4. The van der Waals surface area contributed by atoms with Crippen molar-refractivity contribution in [2.24, 2.45) is 4.99 Å². The second-order valence-electron chi connectivity index (χ2n) is 7.52. The van der Waals surface area contributed by atoms with Crippen molar-refractivity contribution in [2.45, 2.75) is 6.54 Å². The highest BCUT2D eigenvalue weighted by molar-refractivity contribution is 6.13. The molecule has 0 unspecified atom stereocenters. The van der Waals surface area contributed by atoms with Gasteiger partial charge in [-0.15, -0.1) is 0 Å². The molecule has 0 fully saturated rings. The van der Waals surface area contributed by atoms with Gasteiger partial charge in [-0.25, -0.2) is 9.79 Å². The van der Waals surface area contributed by atoms with E-state index in [4.69, 9.17) is 14.2 Å². The summed E-state index contributed by atoms with van der Waals surface area (Å²) in [7, 11) is 1.63. The molecule has 6 nitrogen and oxygen atoms in total. The van der Waals surface area contributed by atoms with E-state index in [1.54, 1.807) is 13.2 Å². The third-order valence-electron chi connectivity index (χ3n) is 5.39. The maximum absolute atomic E-state index is 12.4. The van der Waals surface area contributed by atoms with Crippen molar-refractivity contribution < 1.29 is 19.0 Å². The molecule has 0 N–H and O–H groups in total. The smallest absolute Gasteiger partial charge is 0.363 e. The quantitative estimate of drug-likeness (QED) is 0.298. The molecule has 0 saturated heterocycles. The Balaban J connectivity index is 1.39. The van der Waals surface area contributed by atoms with Gasteiger partial charge in [-0.1, -0.05) is 42.5 Å². The van der Waals surface area contributed by atoms with E-state index < -0.39 is 5.97 Å². The van der Waals surface area contributed by atoms with E-state index >= 15 is 0 Å². The average molecular weight is 438 g/mol. The second kappa shape index (κ2) is 9.04. The van der Waals surface area contributed by atoms with Gasteiger partial charge in [0, 0.05) is 34.3 Å². The molecule has 0 spiro atoms. The fraction of sp³-hybridized carbons (Fsp3) is 0.111. The number of benzene rings is 3. The molecule has 2 heterocycles. The standard InChI is InChI=1S/C27H22N2O4/c1-31-21-10-7-11-22(17-21)32-15-14-29-18-20(23-12-5-6-13-25(23)29)16-24-27(30)33-26(28-24)19-8-3-2-4-9-19/h2-13,16-18H,14-15H2,1H3/b24-16-. The van der Waals surface area contributed by atoms with Crippen molar-refractivity contribution in [3.63, 3.8) is 0 Å². The van der Waals surface area contributed by atoms with Crippen molar-refractivity contribution in [1.29, 1.82) is 0 Å². The lowest BCUT2D eigenvalue weighted by molar-refractivity contribution is -0.129. The number of aromatic nitrogens is 1. The first-order valence-corrected chi connectivity index (χ1v) is 10.6. The number of fused-ring (bicyclic) bond motifs is 1. The van der Waals surface area contributed by atoms with E-state index in [0.717, 1.165) is 33.5 Å². The molecule has 0 bridgehead atoms. The van der Waals surface area contributed by atoms with Gasteiger partial charge in [0.15, 0.2) is 5.70 Å². The molecular formula is C27H22N2O4. The van der Waals surface area contributed by atoms with Gasteiger partial charge in [-0.2, -0.15) is 0 Å². The number of ether oxygens (including phenoxy) is 3. The van der Waals surface area contributed by atoms with Crippen molar-refractivity contribution in [3.05, 3.63) is 102 Å². The van der Waals surface area contributed by atoms with Crippen molar-refractivity contribution in [3.8, 4) is 11.5 Å². The van der Waals surface area contributed by atoms with Crippen LogP contribution in [0.15, 0.2) is 95.7 Å². The maximum Gasteiger partial charge on any atom is 0.363 e. The highest BCUT2D eigenvalue weighted by Gasteiger charge is 2.24. The van der Waals surface area contributed by atoms with Crippen LogP contribution >= 0.6 is 0 Å². The first-order valence-electron chi connectivity index (χ1n) is 10.6. The zero-order valence-corrected chi connectivity index (χ0v) is 18.1. The summed E-state index contributed by atoms with van der Waals surface area (Å²) in [6.07, 6.45) is 3.79. The number of esters is 1. The minimum atomic E-state index is -0.452. The Kier molecular flexibility index (Phi) is 5.64. The summed E-state index contributed by atoms with van der Waals surface area (Å²) < 4.78 is 18.7. The van der Waals surface area contributed by atoms with E-state index in [-0.39, 0.29) is 5.70 Å². The van der Waals surface area contributed by atoms with Crippen LogP contribution in [0, 0.1) is 0 Å². The minimum Gasteiger partial charge on any atom is -0.497 e. The highest BCUT2D eigenvalue weighted by Crippen LogP contribution is 2.26. The predicted octanol–water partition coefficient (Wildman–Crippen LogP) is 5.07. The van der Waals surface area contributed by atoms with Crippen molar-refractivity contribution in [2.75, 3.05) is 13.7 Å². The second-order valence-corrected chi connectivity index (χ2v) is 7.52. The Labute approximate surface area is 191 Å². The number of rotatable bonds is 7. The average Bonchev–Trinajstić information content (AvgIpc) is 3.40. The highest BCUT2D eigenvalue weighted by atomic mass is 16.6. The summed E-state index contributed by atoms with van der Waals surface area (Å²) in [5, 5.41) is 1.03. The molecule has 0 saturated carbocycles. The molecule has 0 radical (unpaired) electrons. The molecule has 1 aliphatic heterocycles. The number of nitrogens with zero attached hydrogens (tertiary/aromatic N) is 2. The number of cyclic esters (lactones) is 1. The lowest BCUT2D eigenvalue weighted by Gasteiger charge is -2.09. The number of carbonyl (C=O) groups is 1.